The minimum Gasteiger partial charge on any atom is -0.497 e. The second-order valence-electron chi connectivity index (χ2n) is 6.35. The Morgan fingerprint density at radius 3 is 3.00 bits per heavy atom. The molecule has 0 bridgehead atoms. The van der Waals surface area contributed by atoms with Crippen molar-refractivity contribution in [2.24, 2.45) is 0 Å². The number of rotatable bonds is 5. The Morgan fingerprint density at radius 2 is 2.27 bits per heavy atom. The molecular formula is C18H25N5O2S. The maximum absolute atomic E-state index is 12.1. The van der Waals surface area contributed by atoms with Gasteiger partial charge in [0.1, 0.15) is 11.6 Å². The first-order chi connectivity index (χ1) is 12.6. The maximum Gasteiger partial charge on any atom is 0.317 e. The topological polar surface area (TPSA) is 70.6 Å². The summed E-state index contributed by atoms with van der Waals surface area (Å²) in [6.45, 7) is 6.89. The van der Waals surface area contributed by atoms with Gasteiger partial charge in [0.15, 0.2) is 0 Å². The van der Waals surface area contributed by atoms with E-state index in [1.165, 1.54) is 11.5 Å². The zero-order chi connectivity index (χ0) is 18.5. The summed E-state index contributed by atoms with van der Waals surface area (Å²) in [4.78, 5) is 20.9. The first kappa shape index (κ1) is 18.4. The van der Waals surface area contributed by atoms with Gasteiger partial charge in [-0.15, -0.1) is 0 Å². The molecule has 2 aromatic rings. The number of nitrogens with zero attached hydrogens (tertiary/aromatic N) is 4. The number of nitrogens with one attached hydrogen (secondary N) is 1. The van der Waals surface area contributed by atoms with E-state index in [1.807, 2.05) is 30.0 Å². The number of carbonyl (C=O) groups excluding carboxylic acids is 1. The van der Waals surface area contributed by atoms with Crippen LogP contribution >= 0.6 is 11.5 Å². The van der Waals surface area contributed by atoms with E-state index in [1.54, 1.807) is 7.11 Å². The van der Waals surface area contributed by atoms with Crippen LogP contribution in [-0.2, 0) is 6.42 Å². The summed E-state index contributed by atoms with van der Waals surface area (Å²) in [6, 6.07) is 8.11. The van der Waals surface area contributed by atoms with Crippen LogP contribution in [0.5, 0.6) is 5.75 Å². The van der Waals surface area contributed by atoms with Crippen LogP contribution < -0.4 is 15.0 Å². The molecule has 0 radical (unpaired) electrons. The highest BCUT2D eigenvalue weighted by Gasteiger charge is 2.28. The van der Waals surface area contributed by atoms with Crippen molar-refractivity contribution in [1.29, 1.82) is 0 Å². The second kappa shape index (κ2) is 8.35. The van der Waals surface area contributed by atoms with Crippen molar-refractivity contribution in [3.8, 4) is 5.75 Å². The summed E-state index contributed by atoms with van der Waals surface area (Å²) >= 11 is 1.42. The fraction of sp³-hybridized carbons (Fsp3) is 0.500. The Labute approximate surface area is 158 Å². The third-order valence-electron chi connectivity index (χ3n) is 4.44. The first-order valence-corrected chi connectivity index (χ1v) is 9.63. The van der Waals surface area contributed by atoms with E-state index in [9.17, 15) is 4.79 Å². The van der Waals surface area contributed by atoms with Gasteiger partial charge in [-0.2, -0.15) is 4.37 Å². The van der Waals surface area contributed by atoms with Crippen LogP contribution in [0.3, 0.4) is 0 Å². The molecule has 1 fully saturated rings. The number of benzene rings is 1. The molecule has 1 aromatic heterocycles. The van der Waals surface area contributed by atoms with E-state index >= 15 is 0 Å². The largest absolute Gasteiger partial charge is 0.497 e. The zero-order valence-electron chi connectivity index (χ0n) is 15.4. The van der Waals surface area contributed by atoms with Crippen LogP contribution in [-0.4, -0.2) is 59.6 Å². The zero-order valence-corrected chi connectivity index (χ0v) is 16.3. The molecule has 1 N–H and O–H groups in total. The van der Waals surface area contributed by atoms with Crippen LogP contribution in [0.2, 0.25) is 0 Å². The van der Waals surface area contributed by atoms with Crippen molar-refractivity contribution in [2.75, 3.05) is 38.2 Å². The standard InChI is InChI=1S/C18H25N5O2S/c1-4-19-17(24)23-9-8-22(12-13(23)2)18-20-16(21-26-18)11-14-6-5-7-15(10-14)25-3/h5-7,10,13H,4,8-9,11-12H2,1-3H3,(H,19,24)/t13-/m1/s1. The summed E-state index contributed by atoms with van der Waals surface area (Å²) in [5, 5.41) is 3.80. The van der Waals surface area contributed by atoms with Gasteiger partial charge in [-0.05, 0) is 31.5 Å². The van der Waals surface area contributed by atoms with Crippen molar-refractivity contribution in [3.05, 3.63) is 35.7 Å². The van der Waals surface area contributed by atoms with E-state index in [-0.39, 0.29) is 12.1 Å². The van der Waals surface area contributed by atoms with E-state index in [0.29, 0.717) is 19.5 Å². The lowest BCUT2D eigenvalue weighted by Gasteiger charge is -2.39. The van der Waals surface area contributed by atoms with Gasteiger partial charge in [0.25, 0.3) is 0 Å². The Hall–Kier alpha value is -2.35. The van der Waals surface area contributed by atoms with Crippen LogP contribution in [0.25, 0.3) is 0 Å². The normalized spacial score (nSPS) is 17.3. The summed E-state index contributed by atoms with van der Waals surface area (Å²) < 4.78 is 9.77. The molecule has 0 unspecified atom stereocenters. The fourth-order valence-electron chi connectivity index (χ4n) is 3.10. The lowest BCUT2D eigenvalue weighted by molar-refractivity contribution is 0.172. The summed E-state index contributed by atoms with van der Waals surface area (Å²) in [6.07, 6.45) is 0.683. The molecule has 7 nitrogen and oxygen atoms in total. The monoisotopic (exact) mass is 375 g/mol. The number of aromatic nitrogens is 2. The Bertz CT molecular complexity index is 751. The number of ether oxygens (including phenoxy) is 1. The lowest BCUT2D eigenvalue weighted by atomic mass is 10.1. The molecule has 2 amide bonds. The number of piperazine rings is 1. The molecule has 8 heteroatoms. The molecule has 0 spiro atoms. The predicted molar refractivity (Wildman–Crippen MR) is 103 cm³/mol. The molecule has 1 aromatic carbocycles. The average molecular weight is 375 g/mol. The Morgan fingerprint density at radius 1 is 1.42 bits per heavy atom. The molecular weight excluding hydrogens is 350 g/mol. The minimum atomic E-state index is 0.00984. The van der Waals surface area contributed by atoms with Gasteiger partial charge in [-0.25, -0.2) is 9.78 Å². The van der Waals surface area contributed by atoms with Gasteiger partial charge >= 0.3 is 6.03 Å². The first-order valence-electron chi connectivity index (χ1n) is 8.85. The van der Waals surface area contributed by atoms with E-state index in [2.05, 4.69) is 27.6 Å². The number of carbonyl (C=O) groups is 1. The van der Waals surface area contributed by atoms with Crippen molar-refractivity contribution in [3.63, 3.8) is 0 Å². The third kappa shape index (κ3) is 4.24. The smallest absolute Gasteiger partial charge is 0.317 e. The van der Waals surface area contributed by atoms with E-state index in [0.717, 1.165) is 35.4 Å². The lowest BCUT2D eigenvalue weighted by Crippen LogP contribution is -2.56. The summed E-state index contributed by atoms with van der Waals surface area (Å²) in [5.74, 6) is 1.66. The van der Waals surface area contributed by atoms with Gasteiger partial charge in [0.2, 0.25) is 5.13 Å². The van der Waals surface area contributed by atoms with Crippen molar-refractivity contribution in [2.45, 2.75) is 26.3 Å². The molecule has 3 rings (SSSR count). The molecule has 140 valence electrons. The molecule has 26 heavy (non-hydrogen) atoms. The molecule has 1 aliphatic rings. The van der Waals surface area contributed by atoms with Crippen LogP contribution in [0.15, 0.2) is 24.3 Å². The Kier molecular flexibility index (Phi) is 5.92. The number of hydrogen-bond acceptors (Lipinski definition) is 6. The SMILES string of the molecule is CCNC(=O)N1CCN(c2nc(Cc3cccc(OC)c3)ns2)C[C@H]1C. The number of amides is 2. The molecule has 0 saturated carbocycles. The molecule has 1 aliphatic heterocycles. The highest BCUT2D eigenvalue weighted by Crippen LogP contribution is 2.23. The maximum atomic E-state index is 12.1. The van der Waals surface area contributed by atoms with Crippen LogP contribution in [0, 0.1) is 0 Å². The van der Waals surface area contributed by atoms with Gasteiger partial charge in [-0.3, -0.25) is 0 Å². The molecule has 2 heterocycles. The predicted octanol–water partition coefficient (Wildman–Crippen LogP) is 2.38. The highest BCUT2D eigenvalue weighted by atomic mass is 32.1. The Balaban J connectivity index is 1.62. The van der Waals surface area contributed by atoms with Crippen molar-refractivity contribution < 1.29 is 9.53 Å². The van der Waals surface area contributed by atoms with Gasteiger partial charge in [-0.1, -0.05) is 12.1 Å². The van der Waals surface area contributed by atoms with Crippen LogP contribution in [0.1, 0.15) is 25.2 Å². The summed E-state index contributed by atoms with van der Waals surface area (Å²) in [7, 11) is 1.67. The second-order valence-corrected chi connectivity index (χ2v) is 7.08. The number of urea groups is 1. The molecule has 1 atom stereocenters. The molecule has 0 aliphatic carbocycles. The van der Waals surface area contributed by atoms with E-state index < -0.39 is 0 Å². The third-order valence-corrected chi connectivity index (χ3v) is 5.26. The van der Waals surface area contributed by atoms with Gasteiger partial charge in [0.05, 0.1) is 7.11 Å². The van der Waals surface area contributed by atoms with E-state index in [4.69, 9.17) is 9.72 Å². The quantitative estimate of drug-likeness (QED) is 0.869. The van der Waals surface area contributed by atoms with Gasteiger partial charge in [0, 0.05) is 50.2 Å². The highest BCUT2D eigenvalue weighted by molar-refractivity contribution is 7.09. The minimum absolute atomic E-state index is 0.00984. The number of methoxy groups -OCH3 is 1. The summed E-state index contributed by atoms with van der Waals surface area (Å²) in [5.41, 5.74) is 1.13. The van der Waals surface area contributed by atoms with Gasteiger partial charge < -0.3 is 19.9 Å². The van der Waals surface area contributed by atoms with Crippen molar-refractivity contribution >= 4 is 22.7 Å². The molecule has 1 saturated heterocycles. The van der Waals surface area contributed by atoms with Crippen LogP contribution in [0.4, 0.5) is 9.93 Å². The average Bonchev–Trinajstić information content (AvgIpc) is 3.10. The number of hydrogen-bond donors (Lipinski definition) is 1. The number of anilines is 1. The fourth-order valence-corrected chi connectivity index (χ4v) is 3.82. The van der Waals surface area contributed by atoms with Crippen molar-refractivity contribution in [1.82, 2.24) is 19.6 Å².